The molecule has 0 N–H and O–H groups in total. The molecule has 1 aliphatic rings. The molecule has 2 aromatic rings. The topological polar surface area (TPSA) is 44.1 Å². The zero-order valence-electron chi connectivity index (χ0n) is 14.7. The third-order valence-electron chi connectivity index (χ3n) is 5.12. The van der Waals surface area contributed by atoms with Gasteiger partial charge in [0.25, 0.3) is 5.91 Å². The zero-order valence-corrected chi connectivity index (χ0v) is 14.7. The summed E-state index contributed by atoms with van der Waals surface area (Å²) in [5.74, 6) is 0.785. The highest BCUT2D eigenvalue weighted by Gasteiger charge is 2.23. The van der Waals surface area contributed by atoms with E-state index in [2.05, 4.69) is 37.3 Å². The van der Waals surface area contributed by atoms with Crippen molar-refractivity contribution in [3.8, 4) is 6.07 Å². The van der Waals surface area contributed by atoms with Crippen LogP contribution in [0.5, 0.6) is 0 Å². The van der Waals surface area contributed by atoms with E-state index in [1.165, 1.54) is 17.5 Å². The maximum Gasteiger partial charge on any atom is 0.253 e. The van der Waals surface area contributed by atoms with E-state index in [0.717, 1.165) is 32.4 Å². The van der Waals surface area contributed by atoms with Crippen LogP contribution in [0.15, 0.2) is 48.5 Å². The lowest BCUT2D eigenvalue weighted by Crippen LogP contribution is -2.38. The van der Waals surface area contributed by atoms with Crippen LogP contribution in [0, 0.1) is 24.2 Å². The Morgan fingerprint density at radius 1 is 1.08 bits per heavy atom. The minimum Gasteiger partial charge on any atom is -0.339 e. The van der Waals surface area contributed by atoms with Crippen molar-refractivity contribution in [2.24, 2.45) is 5.92 Å². The van der Waals surface area contributed by atoms with Crippen LogP contribution in [0.1, 0.15) is 46.3 Å². The summed E-state index contributed by atoms with van der Waals surface area (Å²) in [5.41, 5.74) is 3.98. The van der Waals surface area contributed by atoms with E-state index in [0.29, 0.717) is 17.0 Å². The first-order chi connectivity index (χ1) is 12.2. The summed E-state index contributed by atoms with van der Waals surface area (Å²) in [6.07, 6.45) is 4.47. The van der Waals surface area contributed by atoms with Crippen molar-refractivity contribution in [1.29, 1.82) is 5.26 Å². The van der Waals surface area contributed by atoms with Gasteiger partial charge in [-0.2, -0.15) is 5.26 Å². The van der Waals surface area contributed by atoms with Crippen LogP contribution in [0.3, 0.4) is 0 Å². The largest absolute Gasteiger partial charge is 0.339 e. The molecule has 0 unspecified atom stereocenters. The molecule has 1 heterocycles. The molecule has 0 saturated carbocycles. The van der Waals surface area contributed by atoms with E-state index in [-0.39, 0.29) is 5.91 Å². The highest BCUT2D eigenvalue weighted by molar-refractivity contribution is 5.94. The fourth-order valence-electron chi connectivity index (χ4n) is 3.42. The number of aryl methyl sites for hydroxylation is 2. The number of hydrogen-bond acceptors (Lipinski definition) is 2. The van der Waals surface area contributed by atoms with Gasteiger partial charge in [0.05, 0.1) is 11.6 Å². The van der Waals surface area contributed by atoms with Crippen molar-refractivity contribution in [2.75, 3.05) is 13.1 Å². The van der Waals surface area contributed by atoms with Gasteiger partial charge in [0.2, 0.25) is 0 Å². The Bertz CT molecular complexity index is 748. The minimum absolute atomic E-state index is 0.0847. The Labute approximate surface area is 149 Å². The zero-order chi connectivity index (χ0) is 17.6. The summed E-state index contributed by atoms with van der Waals surface area (Å²) in [6, 6.07) is 17.8. The normalized spacial score (nSPS) is 15.0. The smallest absolute Gasteiger partial charge is 0.253 e. The molecule has 1 fully saturated rings. The molecule has 0 radical (unpaired) electrons. The maximum absolute atomic E-state index is 12.6. The number of carbonyl (C=O) groups is 1. The molecule has 2 aromatic carbocycles. The molecule has 0 aromatic heterocycles. The molecule has 25 heavy (non-hydrogen) atoms. The molecule has 128 valence electrons. The van der Waals surface area contributed by atoms with E-state index >= 15 is 0 Å². The van der Waals surface area contributed by atoms with Gasteiger partial charge >= 0.3 is 0 Å². The Morgan fingerprint density at radius 3 is 2.32 bits per heavy atom. The van der Waals surface area contributed by atoms with Gasteiger partial charge in [-0.3, -0.25) is 4.79 Å². The predicted molar refractivity (Wildman–Crippen MR) is 99.3 cm³/mol. The Balaban J connectivity index is 1.48. The Kier molecular flexibility index (Phi) is 5.50. The summed E-state index contributed by atoms with van der Waals surface area (Å²) < 4.78 is 0. The molecule has 3 heteroatoms. The van der Waals surface area contributed by atoms with Crippen LogP contribution in [0.4, 0.5) is 0 Å². The van der Waals surface area contributed by atoms with Crippen molar-refractivity contribution < 1.29 is 4.79 Å². The van der Waals surface area contributed by atoms with Crippen molar-refractivity contribution in [1.82, 2.24) is 4.90 Å². The van der Waals surface area contributed by atoms with Gasteiger partial charge in [0, 0.05) is 18.7 Å². The van der Waals surface area contributed by atoms with Crippen LogP contribution < -0.4 is 0 Å². The summed E-state index contributed by atoms with van der Waals surface area (Å²) in [6.45, 7) is 3.78. The molecule has 0 spiro atoms. The average Bonchev–Trinajstić information content (AvgIpc) is 2.67. The third-order valence-corrected chi connectivity index (χ3v) is 5.12. The number of rotatable bonds is 4. The van der Waals surface area contributed by atoms with Gasteiger partial charge in [-0.25, -0.2) is 0 Å². The lowest BCUT2D eigenvalue weighted by molar-refractivity contribution is 0.0687. The van der Waals surface area contributed by atoms with Gasteiger partial charge in [-0.1, -0.05) is 29.8 Å². The third kappa shape index (κ3) is 4.48. The van der Waals surface area contributed by atoms with Crippen LogP contribution in [-0.2, 0) is 6.42 Å². The van der Waals surface area contributed by atoms with E-state index in [4.69, 9.17) is 5.26 Å². The number of amides is 1. The lowest BCUT2D eigenvalue weighted by atomic mass is 9.90. The van der Waals surface area contributed by atoms with Crippen LogP contribution in [0.2, 0.25) is 0 Å². The van der Waals surface area contributed by atoms with Crippen molar-refractivity contribution in [3.05, 3.63) is 70.8 Å². The SMILES string of the molecule is Cc1ccc(CCC2CCN(C(=O)c3ccc(C#N)cc3)CC2)cc1. The molecule has 1 amide bonds. The predicted octanol–water partition coefficient (Wildman–Crippen LogP) is 4.35. The average molecular weight is 332 g/mol. The van der Waals surface area contributed by atoms with E-state index in [1.54, 1.807) is 24.3 Å². The van der Waals surface area contributed by atoms with Gasteiger partial charge in [-0.05, 0) is 68.4 Å². The molecule has 1 saturated heterocycles. The van der Waals surface area contributed by atoms with Crippen LogP contribution >= 0.6 is 0 Å². The summed E-state index contributed by atoms with van der Waals surface area (Å²) in [7, 11) is 0. The number of nitrogens with zero attached hydrogens (tertiary/aromatic N) is 2. The second kappa shape index (κ2) is 7.98. The Hall–Kier alpha value is -2.60. The van der Waals surface area contributed by atoms with Gasteiger partial charge < -0.3 is 4.90 Å². The number of piperidine rings is 1. The fourth-order valence-corrected chi connectivity index (χ4v) is 3.42. The highest BCUT2D eigenvalue weighted by atomic mass is 16.2. The van der Waals surface area contributed by atoms with Gasteiger partial charge in [0.1, 0.15) is 0 Å². The molecule has 3 nitrogen and oxygen atoms in total. The summed E-state index contributed by atoms with van der Waals surface area (Å²) in [5, 5.41) is 8.85. The van der Waals surface area contributed by atoms with Crippen LogP contribution in [0.25, 0.3) is 0 Å². The lowest BCUT2D eigenvalue weighted by Gasteiger charge is -2.32. The number of nitriles is 1. The quantitative estimate of drug-likeness (QED) is 0.835. The van der Waals surface area contributed by atoms with Gasteiger partial charge in [-0.15, -0.1) is 0 Å². The van der Waals surface area contributed by atoms with Crippen LogP contribution in [-0.4, -0.2) is 23.9 Å². The second-order valence-corrected chi connectivity index (χ2v) is 6.95. The Morgan fingerprint density at radius 2 is 1.72 bits per heavy atom. The molecule has 1 aliphatic heterocycles. The molecule has 3 rings (SSSR count). The molecular weight excluding hydrogens is 308 g/mol. The van der Waals surface area contributed by atoms with E-state index in [9.17, 15) is 4.79 Å². The number of benzene rings is 2. The maximum atomic E-state index is 12.6. The second-order valence-electron chi connectivity index (χ2n) is 6.95. The standard InChI is InChI=1S/C22H24N2O/c1-17-2-4-18(5-3-17)6-7-19-12-14-24(15-13-19)22(25)21-10-8-20(16-23)9-11-21/h2-5,8-11,19H,6-7,12-15H2,1H3. The molecule has 0 atom stereocenters. The van der Waals surface area contributed by atoms with Crippen molar-refractivity contribution in [3.63, 3.8) is 0 Å². The number of likely N-dealkylation sites (tertiary alicyclic amines) is 1. The minimum atomic E-state index is 0.0847. The number of carbonyl (C=O) groups excluding carboxylic acids is 1. The van der Waals surface area contributed by atoms with E-state index in [1.807, 2.05) is 4.90 Å². The first-order valence-corrected chi connectivity index (χ1v) is 9.00. The fraction of sp³-hybridized carbons (Fsp3) is 0.364. The summed E-state index contributed by atoms with van der Waals surface area (Å²) in [4.78, 5) is 14.5. The molecular formula is C22H24N2O. The molecule has 0 aliphatic carbocycles. The van der Waals surface area contributed by atoms with Crippen molar-refractivity contribution >= 4 is 5.91 Å². The summed E-state index contributed by atoms with van der Waals surface area (Å²) >= 11 is 0. The van der Waals surface area contributed by atoms with Gasteiger partial charge in [0.15, 0.2) is 0 Å². The number of hydrogen-bond donors (Lipinski definition) is 0. The first-order valence-electron chi connectivity index (χ1n) is 9.00. The molecule has 0 bridgehead atoms. The first kappa shape index (κ1) is 17.2. The van der Waals surface area contributed by atoms with Crippen molar-refractivity contribution in [2.45, 2.75) is 32.6 Å². The highest BCUT2D eigenvalue weighted by Crippen LogP contribution is 2.23. The monoisotopic (exact) mass is 332 g/mol. The van der Waals surface area contributed by atoms with E-state index < -0.39 is 0 Å².